The second-order valence-corrected chi connectivity index (χ2v) is 14.2. The van der Waals surface area contributed by atoms with Crippen molar-refractivity contribution in [2.75, 3.05) is 31.7 Å². The van der Waals surface area contributed by atoms with Crippen molar-refractivity contribution in [1.29, 1.82) is 0 Å². The van der Waals surface area contributed by atoms with Gasteiger partial charge < -0.3 is 24.3 Å². The van der Waals surface area contributed by atoms with Crippen LogP contribution in [0, 0.1) is 0 Å². The summed E-state index contributed by atoms with van der Waals surface area (Å²) < 4.78 is 27.6. The Labute approximate surface area is 297 Å². The van der Waals surface area contributed by atoms with Gasteiger partial charge in [-0.1, -0.05) is 17.7 Å². The molecule has 0 radical (unpaired) electrons. The normalized spacial score (nSPS) is 22.9. The van der Waals surface area contributed by atoms with Crippen LogP contribution in [0.5, 0.6) is 11.6 Å². The van der Waals surface area contributed by atoms with Gasteiger partial charge in [0.05, 0.1) is 56.3 Å². The molecule has 2 bridgehead atoms. The highest BCUT2D eigenvalue weighted by atomic mass is 35.5. The molecule has 1 saturated carbocycles. The first-order chi connectivity index (χ1) is 24.4. The lowest BCUT2D eigenvalue weighted by Crippen LogP contribution is -2.52. The Bertz CT molecular complexity index is 1650. The quantitative estimate of drug-likeness (QED) is 0.151. The molecule has 1 N–H and O–H groups in total. The fourth-order valence-corrected chi connectivity index (χ4v) is 7.56. The maximum atomic E-state index is 6.48. The lowest BCUT2D eigenvalue weighted by molar-refractivity contribution is -0.0458. The second-order valence-electron chi connectivity index (χ2n) is 13.8. The monoisotopic (exact) mass is 706 g/mol. The van der Waals surface area contributed by atoms with Gasteiger partial charge in [-0.05, 0) is 87.4 Å². The van der Waals surface area contributed by atoms with Gasteiger partial charge in [0.2, 0.25) is 5.95 Å². The Morgan fingerprint density at radius 2 is 1.68 bits per heavy atom. The number of anilines is 2. The molecule has 1 aliphatic carbocycles. The molecule has 1 aromatic carbocycles. The van der Waals surface area contributed by atoms with Crippen LogP contribution in [-0.4, -0.2) is 102 Å². The zero-order valence-electron chi connectivity index (χ0n) is 29.0. The molecule has 2 aliphatic heterocycles. The molecule has 4 aromatic rings. The van der Waals surface area contributed by atoms with E-state index in [1.165, 1.54) is 25.7 Å². The summed E-state index contributed by atoms with van der Waals surface area (Å²) in [6, 6.07) is 7.75. The lowest BCUT2D eigenvalue weighted by Gasteiger charge is -2.43. The minimum Gasteiger partial charge on any atom is -0.487 e. The maximum Gasteiger partial charge on any atom is 0.256 e. The number of rotatable bonds is 15. The molecule has 3 atom stereocenters. The van der Waals surface area contributed by atoms with Crippen LogP contribution in [0.25, 0.3) is 11.1 Å². The van der Waals surface area contributed by atoms with Gasteiger partial charge in [0.1, 0.15) is 23.9 Å². The first-order valence-corrected chi connectivity index (χ1v) is 18.2. The summed E-state index contributed by atoms with van der Waals surface area (Å²) in [6.07, 6.45) is 14.9. The molecule has 5 heterocycles. The Kier molecular flexibility index (Phi) is 11.1. The first-order valence-electron chi connectivity index (χ1n) is 17.8. The number of nitrogens with zero attached hydrogens (tertiary/aromatic N) is 9. The van der Waals surface area contributed by atoms with Gasteiger partial charge >= 0.3 is 0 Å². The number of hydrogen-bond donors (Lipinski definition) is 1. The Morgan fingerprint density at radius 3 is 2.40 bits per heavy atom. The number of hydrogen-bond acceptors (Lipinski definition) is 12. The smallest absolute Gasteiger partial charge is 0.256 e. The molecule has 15 heteroatoms. The lowest BCUT2D eigenvalue weighted by atomic mass is 9.89. The summed E-state index contributed by atoms with van der Waals surface area (Å²) in [6.45, 7) is 9.40. The van der Waals surface area contributed by atoms with Gasteiger partial charge in [0, 0.05) is 42.5 Å². The number of aromatic nitrogens is 8. The van der Waals surface area contributed by atoms with Gasteiger partial charge in [0.25, 0.3) is 5.88 Å². The molecule has 268 valence electrons. The average molecular weight is 707 g/mol. The average Bonchev–Trinajstić information content (AvgIpc) is 3.84. The summed E-state index contributed by atoms with van der Waals surface area (Å²) in [7, 11) is 0. The van der Waals surface area contributed by atoms with E-state index in [0.717, 1.165) is 49.3 Å². The zero-order valence-corrected chi connectivity index (χ0v) is 29.8. The van der Waals surface area contributed by atoms with E-state index in [0.29, 0.717) is 66.5 Å². The molecule has 2 saturated heterocycles. The number of halogens is 1. The van der Waals surface area contributed by atoms with Crippen LogP contribution >= 0.6 is 11.6 Å². The van der Waals surface area contributed by atoms with Crippen molar-refractivity contribution in [3.05, 3.63) is 48.1 Å². The number of nitrogens with one attached hydrogen (secondary N) is 1. The number of morpholine rings is 1. The van der Waals surface area contributed by atoms with Gasteiger partial charge in [-0.2, -0.15) is 0 Å². The highest BCUT2D eigenvalue weighted by molar-refractivity contribution is 6.32. The number of benzene rings is 1. The largest absolute Gasteiger partial charge is 0.487 e. The molecule has 0 amide bonds. The fourth-order valence-electron chi connectivity index (χ4n) is 7.40. The highest BCUT2D eigenvalue weighted by Gasteiger charge is 2.42. The molecule has 3 fully saturated rings. The van der Waals surface area contributed by atoms with Gasteiger partial charge in [-0.3, -0.25) is 9.58 Å². The van der Waals surface area contributed by atoms with E-state index in [4.69, 9.17) is 35.6 Å². The minimum absolute atomic E-state index is 0.188. The van der Waals surface area contributed by atoms with Crippen molar-refractivity contribution in [1.82, 2.24) is 44.9 Å². The van der Waals surface area contributed by atoms with Crippen LogP contribution in [0.15, 0.2) is 43.1 Å². The van der Waals surface area contributed by atoms with Crippen LogP contribution in [0.4, 0.5) is 11.6 Å². The van der Waals surface area contributed by atoms with E-state index in [9.17, 15) is 0 Å². The highest BCUT2D eigenvalue weighted by Crippen LogP contribution is 2.39. The molecule has 3 aliphatic rings. The van der Waals surface area contributed by atoms with Crippen molar-refractivity contribution < 1.29 is 18.9 Å². The van der Waals surface area contributed by atoms with Crippen molar-refractivity contribution in [2.24, 2.45) is 0 Å². The maximum absolute atomic E-state index is 6.48. The third-order valence-corrected chi connectivity index (χ3v) is 10.1. The fraction of sp³-hybridized carbons (Fsp3) is 0.600. The van der Waals surface area contributed by atoms with Gasteiger partial charge in [-0.25, -0.2) is 14.6 Å². The van der Waals surface area contributed by atoms with E-state index >= 15 is 0 Å². The van der Waals surface area contributed by atoms with Crippen LogP contribution < -0.4 is 14.8 Å². The van der Waals surface area contributed by atoms with Crippen molar-refractivity contribution in [2.45, 2.75) is 109 Å². The number of tetrazole rings is 1. The summed E-state index contributed by atoms with van der Waals surface area (Å²) in [5.74, 6) is 1.56. The summed E-state index contributed by atoms with van der Waals surface area (Å²) in [5, 5.41) is 20.1. The van der Waals surface area contributed by atoms with Gasteiger partial charge in [-0.15, -0.1) is 10.2 Å². The molecule has 50 heavy (non-hydrogen) atoms. The standard InChI is InChI=1S/C35H47ClN10O4/c1-23(2)48-13-4-14-49-34-32(19-45(41-34)27-6-8-28(9-7-27)46-29-10-11-30(46)21-47-20-29)40-35-37-16-26(17-38-35)25-5-12-31(36)33(15-25)50-24(3)18-44-22-39-42-43-44/h5,12,15-17,19,22-24,27-30H,4,6-11,13-14,18,20-21H2,1-3H3,(H,37,38,40)/t24-,27?,28?,29-,30+/m0/s1. The van der Waals surface area contributed by atoms with E-state index < -0.39 is 0 Å². The first kappa shape index (κ1) is 34.6. The van der Waals surface area contributed by atoms with Crippen molar-refractivity contribution in [3.8, 4) is 22.8 Å². The molecular formula is C35H47ClN10O4. The van der Waals surface area contributed by atoms with Crippen LogP contribution in [0.3, 0.4) is 0 Å². The Hall–Kier alpha value is -3.85. The SMILES string of the molecule is CC(C)OCCCOc1nn(C2CCC(N3[C@@H]4CC[C@H]3COC4)CC2)cc1Nc1ncc(-c2ccc(Cl)c(O[C@@H](C)Cn3cnnn3)c2)cn1. The molecule has 0 unspecified atom stereocenters. The van der Waals surface area contributed by atoms with Crippen LogP contribution in [0.2, 0.25) is 5.02 Å². The number of fused-ring (bicyclic) bond motifs is 2. The van der Waals surface area contributed by atoms with E-state index in [-0.39, 0.29) is 12.2 Å². The molecule has 7 rings (SSSR count). The predicted octanol–water partition coefficient (Wildman–Crippen LogP) is 5.73. The molecular weight excluding hydrogens is 660 g/mol. The van der Waals surface area contributed by atoms with Crippen LogP contribution in [-0.2, 0) is 16.0 Å². The molecule has 3 aromatic heterocycles. The number of ether oxygens (including phenoxy) is 4. The predicted molar refractivity (Wildman–Crippen MR) is 188 cm³/mol. The summed E-state index contributed by atoms with van der Waals surface area (Å²) >= 11 is 6.48. The van der Waals surface area contributed by atoms with E-state index in [2.05, 4.69) is 40.4 Å². The van der Waals surface area contributed by atoms with Crippen LogP contribution in [0.1, 0.15) is 71.8 Å². The summed E-state index contributed by atoms with van der Waals surface area (Å²) in [5.41, 5.74) is 2.45. The Balaban J connectivity index is 1.01. The van der Waals surface area contributed by atoms with Crippen molar-refractivity contribution >= 4 is 23.2 Å². The van der Waals surface area contributed by atoms with Crippen molar-refractivity contribution in [3.63, 3.8) is 0 Å². The van der Waals surface area contributed by atoms with E-state index in [1.807, 2.05) is 45.2 Å². The Morgan fingerprint density at radius 1 is 0.940 bits per heavy atom. The molecule has 0 spiro atoms. The van der Waals surface area contributed by atoms with Gasteiger partial charge in [0.15, 0.2) is 0 Å². The molecule has 14 nitrogen and oxygen atoms in total. The second kappa shape index (κ2) is 16.0. The van der Waals surface area contributed by atoms with E-state index in [1.54, 1.807) is 23.4 Å². The zero-order chi connectivity index (χ0) is 34.5. The topological polar surface area (TPSA) is 139 Å². The minimum atomic E-state index is -0.205. The third kappa shape index (κ3) is 8.36. The summed E-state index contributed by atoms with van der Waals surface area (Å²) in [4.78, 5) is 12.1. The third-order valence-electron chi connectivity index (χ3n) is 9.76.